The first-order valence-electron chi connectivity index (χ1n) is 12.0. The summed E-state index contributed by atoms with van der Waals surface area (Å²) in [6, 6.07) is 13.4. The molecule has 2 heterocycles. The fourth-order valence-corrected chi connectivity index (χ4v) is 5.39. The molecule has 198 valence electrons. The van der Waals surface area contributed by atoms with Gasteiger partial charge in [-0.1, -0.05) is 48.7 Å². The number of carboxylic acids is 1. The summed E-state index contributed by atoms with van der Waals surface area (Å²) in [4.78, 5) is 39.6. The van der Waals surface area contributed by atoms with Gasteiger partial charge in [0.1, 0.15) is 18.1 Å². The molecule has 38 heavy (non-hydrogen) atoms. The van der Waals surface area contributed by atoms with Crippen LogP contribution in [0.5, 0.6) is 11.5 Å². The summed E-state index contributed by atoms with van der Waals surface area (Å²) in [5.74, 6) is -0.715. The second-order valence-electron chi connectivity index (χ2n) is 8.42. The molecular weight excluding hydrogens is 508 g/mol. The Morgan fingerprint density at radius 2 is 1.76 bits per heavy atom. The number of hydrogen-bond donors (Lipinski definition) is 2. The minimum atomic E-state index is -1.06. The number of amides is 1. The Hall–Kier alpha value is -4.18. The summed E-state index contributed by atoms with van der Waals surface area (Å²) in [6.07, 6.45) is 3.41. The van der Waals surface area contributed by atoms with Crippen LogP contribution in [0.4, 0.5) is 0 Å². The molecular formula is C28H28N2O7S. The highest BCUT2D eigenvalue weighted by Gasteiger charge is 2.47. The number of carbonyl (C=O) groups excluding carboxylic acids is 2. The van der Waals surface area contributed by atoms with Crippen LogP contribution in [-0.2, 0) is 19.1 Å². The zero-order valence-corrected chi connectivity index (χ0v) is 21.8. The number of carboxylic acid groups (broad SMARTS) is 1. The van der Waals surface area contributed by atoms with Gasteiger partial charge in [0.25, 0.3) is 5.91 Å². The van der Waals surface area contributed by atoms with Crippen LogP contribution in [0.1, 0.15) is 31.0 Å². The van der Waals surface area contributed by atoms with Crippen molar-refractivity contribution in [2.45, 2.75) is 25.4 Å². The highest BCUT2D eigenvalue weighted by Crippen LogP contribution is 2.46. The van der Waals surface area contributed by atoms with E-state index >= 15 is 0 Å². The number of aliphatic carboxylic acids is 1. The van der Waals surface area contributed by atoms with Crippen LogP contribution < -0.4 is 14.8 Å². The normalized spacial score (nSPS) is 19.6. The molecule has 0 spiro atoms. The maximum absolute atomic E-state index is 13.7. The predicted molar refractivity (Wildman–Crippen MR) is 143 cm³/mol. The summed E-state index contributed by atoms with van der Waals surface area (Å²) in [5, 5.41) is 12.1. The Kier molecular flexibility index (Phi) is 8.42. The molecule has 2 atom stereocenters. The number of allylic oxidation sites excluding steroid dienone is 1. The first-order valence-corrected chi connectivity index (χ1v) is 12.8. The van der Waals surface area contributed by atoms with Gasteiger partial charge in [0.2, 0.25) is 0 Å². The summed E-state index contributed by atoms with van der Waals surface area (Å²) in [6.45, 7) is 7.34. The molecule has 2 aromatic rings. The molecule has 0 aliphatic carbocycles. The van der Waals surface area contributed by atoms with Crippen LogP contribution in [0.2, 0.25) is 0 Å². The third kappa shape index (κ3) is 5.86. The van der Waals surface area contributed by atoms with Crippen molar-refractivity contribution in [3.63, 3.8) is 0 Å². The second kappa shape index (κ2) is 11.9. The van der Waals surface area contributed by atoms with E-state index in [4.69, 9.17) is 19.3 Å². The Labute approximate surface area is 224 Å². The number of ether oxygens (including phenoxy) is 3. The van der Waals surface area contributed by atoms with Crippen LogP contribution in [-0.4, -0.2) is 53.2 Å². The first kappa shape index (κ1) is 26.9. The minimum absolute atomic E-state index is 0.208. The lowest BCUT2D eigenvalue weighted by atomic mass is 9.93. The molecule has 0 saturated carbocycles. The lowest BCUT2D eigenvalue weighted by Crippen LogP contribution is -2.49. The van der Waals surface area contributed by atoms with Crippen LogP contribution in [0.15, 0.2) is 77.4 Å². The number of rotatable bonds is 10. The molecule has 10 heteroatoms. The molecule has 1 fully saturated rings. The highest BCUT2D eigenvalue weighted by molar-refractivity contribution is 8.05. The number of thioether (sulfide) groups is 1. The number of carbonyl (C=O) groups is 3. The monoisotopic (exact) mass is 536 g/mol. The molecule has 2 aliphatic rings. The fraction of sp³-hybridized carbons (Fsp3) is 0.250. The van der Waals surface area contributed by atoms with Gasteiger partial charge in [-0.25, -0.2) is 9.59 Å². The number of nitrogens with zero attached hydrogens (tertiary/aromatic N) is 1. The molecule has 0 aromatic heterocycles. The lowest BCUT2D eigenvalue weighted by Gasteiger charge is -2.39. The lowest BCUT2D eigenvalue weighted by molar-refractivity contribution is -0.141. The number of esters is 1. The van der Waals surface area contributed by atoms with E-state index in [-0.39, 0.29) is 12.5 Å². The predicted octanol–water partition coefficient (Wildman–Crippen LogP) is 4.10. The number of benzene rings is 2. The van der Waals surface area contributed by atoms with Crippen LogP contribution >= 0.6 is 11.8 Å². The van der Waals surface area contributed by atoms with Crippen molar-refractivity contribution in [2.24, 2.45) is 0 Å². The van der Waals surface area contributed by atoms with E-state index in [1.54, 1.807) is 67.3 Å². The number of hydrogen-bond acceptors (Lipinski definition) is 8. The van der Waals surface area contributed by atoms with Gasteiger partial charge >= 0.3 is 11.9 Å². The Morgan fingerprint density at radius 3 is 2.39 bits per heavy atom. The first-order chi connectivity index (χ1) is 18.3. The van der Waals surface area contributed by atoms with Gasteiger partial charge in [0, 0.05) is 5.70 Å². The van der Waals surface area contributed by atoms with E-state index < -0.39 is 30.1 Å². The van der Waals surface area contributed by atoms with Crippen molar-refractivity contribution in [1.29, 1.82) is 0 Å². The van der Waals surface area contributed by atoms with E-state index in [0.29, 0.717) is 34.3 Å². The van der Waals surface area contributed by atoms with Gasteiger partial charge in [-0.15, -0.1) is 0 Å². The smallest absolute Gasteiger partial charge is 0.341 e. The van der Waals surface area contributed by atoms with Crippen LogP contribution in [0, 0.1) is 0 Å². The van der Waals surface area contributed by atoms with Crippen LogP contribution in [0.25, 0.3) is 6.08 Å². The Morgan fingerprint density at radius 1 is 1.11 bits per heavy atom. The standard InChI is InChI=1S/C28H28N2O7S/c1-4-14-36-20-12-8-19(9-13-20)25-24(27(34)35-5-2)17(3)29-28-30(25)26(33)22(38-28)15-18-6-10-21(11-7-18)37-16-23(31)32/h4,6-13,15,25,28-29H,1,5,14,16H2,2-3H3,(H,31,32)/b22-15-. The van der Waals surface area contributed by atoms with Crippen molar-refractivity contribution in [3.05, 3.63) is 88.5 Å². The molecule has 2 aliphatic heterocycles. The van der Waals surface area contributed by atoms with Gasteiger partial charge in [-0.2, -0.15) is 0 Å². The van der Waals surface area contributed by atoms with Gasteiger partial charge in [-0.05, 0) is 55.3 Å². The SMILES string of the molecule is C=CCOc1ccc(C2C(C(=O)OCC)=C(C)NC3S/C(=C\c4ccc(OCC(=O)O)cc4)C(=O)N32)cc1. The van der Waals surface area contributed by atoms with Gasteiger partial charge in [-0.3, -0.25) is 9.69 Å². The van der Waals surface area contributed by atoms with E-state index in [1.807, 2.05) is 12.1 Å². The van der Waals surface area contributed by atoms with Crippen molar-refractivity contribution in [2.75, 3.05) is 19.8 Å². The topological polar surface area (TPSA) is 114 Å². The van der Waals surface area contributed by atoms with Gasteiger partial charge < -0.3 is 24.6 Å². The molecule has 1 amide bonds. The third-order valence-corrected chi connectivity index (χ3v) is 6.95. The molecule has 0 radical (unpaired) electrons. The quantitative estimate of drug-likeness (QED) is 0.263. The van der Waals surface area contributed by atoms with Crippen molar-refractivity contribution in [3.8, 4) is 11.5 Å². The maximum atomic E-state index is 13.7. The molecule has 2 N–H and O–H groups in total. The summed E-state index contributed by atoms with van der Waals surface area (Å²) < 4.78 is 16.1. The van der Waals surface area contributed by atoms with Gasteiger partial charge in [0.05, 0.1) is 23.1 Å². The Bertz CT molecular complexity index is 1290. The molecule has 2 aromatic carbocycles. The number of fused-ring (bicyclic) bond motifs is 1. The third-order valence-electron chi connectivity index (χ3n) is 5.83. The Balaban J connectivity index is 1.65. The average Bonchev–Trinajstić information content (AvgIpc) is 3.20. The second-order valence-corrected chi connectivity index (χ2v) is 9.54. The summed E-state index contributed by atoms with van der Waals surface area (Å²) >= 11 is 1.35. The average molecular weight is 537 g/mol. The largest absolute Gasteiger partial charge is 0.490 e. The van der Waals surface area contributed by atoms with E-state index in [1.165, 1.54) is 11.8 Å². The van der Waals surface area contributed by atoms with E-state index in [0.717, 1.165) is 11.1 Å². The summed E-state index contributed by atoms with van der Waals surface area (Å²) in [5.41, 5.74) is 2.09. The zero-order chi connectivity index (χ0) is 27.2. The molecule has 0 bridgehead atoms. The van der Waals surface area contributed by atoms with Crippen LogP contribution in [0.3, 0.4) is 0 Å². The van der Waals surface area contributed by atoms with E-state index in [2.05, 4.69) is 11.9 Å². The summed E-state index contributed by atoms with van der Waals surface area (Å²) in [7, 11) is 0. The molecule has 1 saturated heterocycles. The zero-order valence-electron chi connectivity index (χ0n) is 21.0. The van der Waals surface area contributed by atoms with Gasteiger partial charge in [0.15, 0.2) is 12.1 Å². The fourth-order valence-electron chi connectivity index (χ4n) is 4.17. The van der Waals surface area contributed by atoms with E-state index in [9.17, 15) is 14.4 Å². The maximum Gasteiger partial charge on any atom is 0.341 e. The van der Waals surface area contributed by atoms with Crippen molar-refractivity contribution in [1.82, 2.24) is 10.2 Å². The van der Waals surface area contributed by atoms with Crippen molar-refractivity contribution >= 4 is 35.7 Å². The molecule has 2 unspecified atom stereocenters. The highest BCUT2D eigenvalue weighted by atomic mass is 32.2. The molecule has 4 rings (SSSR count). The molecule has 9 nitrogen and oxygen atoms in total. The van der Waals surface area contributed by atoms with Crippen molar-refractivity contribution < 1.29 is 33.7 Å². The number of nitrogens with one attached hydrogen (secondary N) is 1. The minimum Gasteiger partial charge on any atom is -0.490 e.